The molecule has 0 fully saturated rings. The number of aromatic nitrogens is 1. The Hall–Kier alpha value is -2.06. The number of hydrogen-bond donors (Lipinski definition) is 1. The number of ketones is 1. The molecule has 2 nitrogen and oxygen atoms in total. The Labute approximate surface area is 122 Å². The van der Waals surface area contributed by atoms with Crippen molar-refractivity contribution in [2.75, 3.05) is 0 Å². The topological polar surface area (TPSA) is 32.9 Å². The van der Waals surface area contributed by atoms with Gasteiger partial charge in [0, 0.05) is 10.9 Å². The molecule has 0 saturated heterocycles. The highest BCUT2D eigenvalue weighted by molar-refractivity contribution is 6.36. The Morgan fingerprint density at radius 1 is 1.05 bits per heavy atom. The number of fused-ring (bicyclic) bond motifs is 1. The summed E-state index contributed by atoms with van der Waals surface area (Å²) < 4.78 is 0. The van der Waals surface area contributed by atoms with Crippen molar-refractivity contribution in [1.29, 1.82) is 0 Å². The molecule has 0 bridgehead atoms. The number of hydrogen-bond acceptors (Lipinski definition) is 1. The van der Waals surface area contributed by atoms with Gasteiger partial charge in [-0.1, -0.05) is 48.5 Å². The molecule has 3 aromatic rings. The summed E-state index contributed by atoms with van der Waals surface area (Å²) in [7, 11) is 0. The number of Topliss-reactive ketones (excluding diaryl/α,β-unsaturated/α-hetero) is 1. The molecule has 1 unspecified atom stereocenters. The first-order chi connectivity index (χ1) is 9.68. The third kappa shape index (κ3) is 2.12. The maximum Gasteiger partial charge on any atom is 0.183 e. The standard InChI is InChI=1S/C17H14ClNO/c1-11(18)17(20)15-13-9-5-6-10-14(13)19-16(15)12-7-3-2-4-8-12/h2-11,19H,1H3. The SMILES string of the molecule is CC(Cl)C(=O)c1c(-c2ccccc2)[nH]c2ccccc12. The van der Waals surface area contributed by atoms with E-state index in [0.717, 1.165) is 22.2 Å². The minimum atomic E-state index is -0.545. The monoisotopic (exact) mass is 283 g/mol. The van der Waals surface area contributed by atoms with Crippen LogP contribution in [0, 0.1) is 0 Å². The number of aromatic amines is 1. The molecule has 0 radical (unpaired) electrons. The van der Waals surface area contributed by atoms with Crippen LogP contribution in [0.3, 0.4) is 0 Å². The molecule has 0 aliphatic heterocycles. The molecule has 0 spiro atoms. The first kappa shape index (κ1) is 12.9. The van der Waals surface area contributed by atoms with Gasteiger partial charge in [0.15, 0.2) is 5.78 Å². The van der Waals surface area contributed by atoms with Crippen molar-refractivity contribution in [3.63, 3.8) is 0 Å². The summed E-state index contributed by atoms with van der Waals surface area (Å²) in [5.41, 5.74) is 3.45. The van der Waals surface area contributed by atoms with Crippen molar-refractivity contribution >= 4 is 28.3 Å². The zero-order chi connectivity index (χ0) is 14.1. The Bertz CT molecular complexity index is 759. The molecule has 1 heterocycles. The quantitative estimate of drug-likeness (QED) is 0.551. The van der Waals surface area contributed by atoms with Crippen LogP contribution < -0.4 is 0 Å². The zero-order valence-corrected chi connectivity index (χ0v) is 11.8. The first-order valence-corrected chi connectivity index (χ1v) is 6.96. The number of alkyl halides is 1. The van der Waals surface area contributed by atoms with Gasteiger partial charge in [-0.25, -0.2) is 0 Å². The Morgan fingerprint density at radius 2 is 1.70 bits per heavy atom. The molecule has 1 N–H and O–H groups in total. The smallest absolute Gasteiger partial charge is 0.183 e. The van der Waals surface area contributed by atoms with Crippen molar-refractivity contribution in [1.82, 2.24) is 4.98 Å². The highest BCUT2D eigenvalue weighted by Gasteiger charge is 2.22. The lowest BCUT2D eigenvalue weighted by Gasteiger charge is -2.05. The molecule has 0 amide bonds. The van der Waals surface area contributed by atoms with Crippen molar-refractivity contribution in [3.8, 4) is 11.3 Å². The molecular weight excluding hydrogens is 270 g/mol. The minimum Gasteiger partial charge on any atom is -0.354 e. The van der Waals surface area contributed by atoms with Crippen LogP contribution in [0.25, 0.3) is 22.2 Å². The number of carbonyl (C=O) groups excluding carboxylic acids is 1. The summed E-state index contributed by atoms with van der Waals surface area (Å²) in [6.07, 6.45) is 0. The fraction of sp³-hybridized carbons (Fsp3) is 0.118. The van der Waals surface area contributed by atoms with Crippen LogP contribution in [0.2, 0.25) is 0 Å². The van der Waals surface area contributed by atoms with Gasteiger partial charge in [0.05, 0.1) is 16.6 Å². The van der Waals surface area contributed by atoms with E-state index in [0.29, 0.717) is 5.56 Å². The summed E-state index contributed by atoms with van der Waals surface area (Å²) in [5, 5.41) is 0.375. The van der Waals surface area contributed by atoms with Crippen LogP contribution in [0.4, 0.5) is 0 Å². The van der Waals surface area contributed by atoms with Crippen LogP contribution in [0.1, 0.15) is 17.3 Å². The lowest BCUT2D eigenvalue weighted by Crippen LogP contribution is -2.11. The van der Waals surface area contributed by atoms with Gasteiger partial charge in [-0.3, -0.25) is 4.79 Å². The molecule has 0 aliphatic rings. The van der Waals surface area contributed by atoms with E-state index in [9.17, 15) is 4.79 Å². The lowest BCUT2D eigenvalue weighted by molar-refractivity contribution is 0.0994. The van der Waals surface area contributed by atoms with Crippen LogP contribution in [0.15, 0.2) is 54.6 Å². The zero-order valence-electron chi connectivity index (χ0n) is 11.1. The highest BCUT2D eigenvalue weighted by atomic mass is 35.5. The minimum absolute atomic E-state index is 0.0528. The van der Waals surface area contributed by atoms with Gasteiger partial charge in [0.25, 0.3) is 0 Å². The predicted molar refractivity (Wildman–Crippen MR) is 83.4 cm³/mol. The molecule has 20 heavy (non-hydrogen) atoms. The van der Waals surface area contributed by atoms with Crippen LogP contribution in [0.5, 0.6) is 0 Å². The van der Waals surface area contributed by atoms with E-state index < -0.39 is 5.38 Å². The van der Waals surface area contributed by atoms with Crippen molar-refractivity contribution in [2.45, 2.75) is 12.3 Å². The number of H-pyrrole nitrogens is 1. The lowest BCUT2D eigenvalue weighted by atomic mass is 10.0. The fourth-order valence-corrected chi connectivity index (χ4v) is 2.53. The average molecular weight is 284 g/mol. The number of rotatable bonds is 3. The van der Waals surface area contributed by atoms with Gasteiger partial charge in [0.1, 0.15) is 0 Å². The van der Waals surface area contributed by atoms with E-state index >= 15 is 0 Å². The Balaban J connectivity index is 2.31. The van der Waals surface area contributed by atoms with Crippen molar-refractivity contribution in [3.05, 3.63) is 60.2 Å². The highest BCUT2D eigenvalue weighted by Crippen LogP contribution is 2.31. The number of carbonyl (C=O) groups is 1. The average Bonchev–Trinajstić information content (AvgIpc) is 2.86. The van der Waals surface area contributed by atoms with Gasteiger partial charge in [0.2, 0.25) is 0 Å². The predicted octanol–water partition coefficient (Wildman–Crippen LogP) is 4.64. The van der Waals surface area contributed by atoms with Gasteiger partial charge < -0.3 is 4.98 Å². The summed E-state index contributed by atoms with van der Waals surface area (Å²) in [4.78, 5) is 15.8. The summed E-state index contributed by atoms with van der Waals surface area (Å²) in [5.74, 6) is -0.0528. The second-order valence-corrected chi connectivity index (χ2v) is 5.42. The van der Waals surface area contributed by atoms with E-state index in [4.69, 9.17) is 11.6 Å². The Kier molecular flexibility index (Phi) is 3.33. The molecule has 2 aromatic carbocycles. The molecule has 3 heteroatoms. The molecule has 1 aromatic heterocycles. The van der Waals surface area contributed by atoms with Gasteiger partial charge in [-0.2, -0.15) is 0 Å². The molecule has 0 aliphatic carbocycles. The number of halogens is 1. The maximum absolute atomic E-state index is 12.5. The van der Waals surface area contributed by atoms with E-state index in [2.05, 4.69) is 4.98 Å². The summed E-state index contributed by atoms with van der Waals surface area (Å²) >= 11 is 6.02. The molecule has 3 rings (SSSR count). The second-order valence-electron chi connectivity index (χ2n) is 4.77. The van der Waals surface area contributed by atoms with Gasteiger partial charge in [-0.05, 0) is 18.6 Å². The van der Waals surface area contributed by atoms with E-state index in [1.807, 2.05) is 54.6 Å². The molecular formula is C17H14ClNO. The molecule has 100 valence electrons. The van der Waals surface area contributed by atoms with Crippen molar-refractivity contribution in [2.24, 2.45) is 0 Å². The maximum atomic E-state index is 12.5. The Morgan fingerprint density at radius 3 is 2.40 bits per heavy atom. The van der Waals surface area contributed by atoms with Crippen LogP contribution in [-0.4, -0.2) is 16.1 Å². The number of benzene rings is 2. The number of nitrogens with one attached hydrogen (secondary N) is 1. The van der Waals surface area contributed by atoms with E-state index in [1.165, 1.54) is 0 Å². The van der Waals surface area contributed by atoms with Gasteiger partial charge in [-0.15, -0.1) is 11.6 Å². The fourth-order valence-electron chi connectivity index (χ4n) is 2.42. The molecule has 1 atom stereocenters. The summed E-state index contributed by atoms with van der Waals surface area (Å²) in [6, 6.07) is 17.6. The first-order valence-electron chi connectivity index (χ1n) is 6.53. The van der Waals surface area contributed by atoms with E-state index in [-0.39, 0.29) is 5.78 Å². The molecule has 0 saturated carbocycles. The second kappa shape index (κ2) is 5.14. The van der Waals surface area contributed by atoms with E-state index in [1.54, 1.807) is 6.92 Å². The van der Waals surface area contributed by atoms with Crippen LogP contribution >= 0.6 is 11.6 Å². The number of para-hydroxylation sites is 1. The van der Waals surface area contributed by atoms with Gasteiger partial charge >= 0.3 is 0 Å². The third-order valence-electron chi connectivity index (χ3n) is 3.38. The summed E-state index contributed by atoms with van der Waals surface area (Å²) in [6.45, 7) is 1.71. The third-order valence-corrected chi connectivity index (χ3v) is 3.57. The largest absolute Gasteiger partial charge is 0.354 e. The normalized spacial score (nSPS) is 12.5. The van der Waals surface area contributed by atoms with Crippen molar-refractivity contribution < 1.29 is 4.79 Å². The van der Waals surface area contributed by atoms with Crippen LogP contribution in [-0.2, 0) is 0 Å².